The van der Waals surface area contributed by atoms with Gasteiger partial charge in [-0.05, 0) is 49.4 Å². The van der Waals surface area contributed by atoms with E-state index in [1.807, 2.05) is 43.3 Å². The maximum absolute atomic E-state index is 12.8. The van der Waals surface area contributed by atoms with E-state index in [0.717, 1.165) is 30.4 Å². The van der Waals surface area contributed by atoms with Crippen LogP contribution in [0.1, 0.15) is 47.7 Å². The largest absolute Gasteiger partial charge is 0.349 e. The number of rotatable bonds is 7. The van der Waals surface area contributed by atoms with E-state index >= 15 is 0 Å². The Morgan fingerprint density at radius 3 is 2.52 bits per heavy atom. The molecule has 5 nitrogen and oxygen atoms in total. The van der Waals surface area contributed by atoms with Crippen molar-refractivity contribution < 1.29 is 9.59 Å². The summed E-state index contributed by atoms with van der Waals surface area (Å²) in [5.41, 5.74) is 3.28. The van der Waals surface area contributed by atoms with Gasteiger partial charge in [0.15, 0.2) is 0 Å². The van der Waals surface area contributed by atoms with E-state index in [9.17, 15) is 9.59 Å². The molecule has 0 atom stereocenters. The summed E-state index contributed by atoms with van der Waals surface area (Å²) in [5, 5.41) is 5.97. The second kappa shape index (κ2) is 8.71. The Bertz CT molecular complexity index is 800. The third-order valence-electron chi connectivity index (χ3n) is 4.65. The van der Waals surface area contributed by atoms with Gasteiger partial charge in [-0.15, -0.1) is 0 Å². The van der Waals surface area contributed by atoms with Crippen LogP contribution >= 0.6 is 0 Å². The first-order valence-corrected chi connectivity index (χ1v) is 9.58. The van der Waals surface area contributed by atoms with E-state index < -0.39 is 0 Å². The summed E-state index contributed by atoms with van der Waals surface area (Å²) in [6.07, 6.45) is 2.97. The van der Waals surface area contributed by atoms with Crippen molar-refractivity contribution in [3.05, 3.63) is 65.2 Å². The summed E-state index contributed by atoms with van der Waals surface area (Å²) in [6, 6.07) is 15.6. The second-order valence-corrected chi connectivity index (χ2v) is 7.11. The highest BCUT2D eigenvalue weighted by molar-refractivity contribution is 5.97. The van der Waals surface area contributed by atoms with Gasteiger partial charge in [0.05, 0.1) is 0 Å². The molecule has 2 N–H and O–H groups in total. The van der Waals surface area contributed by atoms with Crippen LogP contribution in [-0.4, -0.2) is 29.4 Å². The van der Waals surface area contributed by atoms with Crippen molar-refractivity contribution in [1.82, 2.24) is 10.2 Å². The van der Waals surface area contributed by atoms with Crippen molar-refractivity contribution in [3.8, 4) is 0 Å². The van der Waals surface area contributed by atoms with Gasteiger partial charge in [-0.1, -0.05) is 43.3 Å². The van der Waals surface area contributed by atoms with Gasteiger partial charge in [0, 0.05) is 30.4 Å². The highest BCUT2D eigenvalue weighted by Gasteiger charge is 2.24. The van der Waals surface area contributed by atoms with Gasteiger partial charge >= 0.3 is 6.03 Å². The Balaban J connectivity index is 1.71. The van der Waals surface area contributed by atoms with Gasteiger partial charge in [-0.2, -0.15) is 0 Å². The molecule has 2 aromatic rings. The Labute approximate surface area is 160 Å². The fraction of sp³-hybridized carbons (Fsp3) is 0.364. The third kappa shape index (κ3) is 5.33. The number of hydrogen-bond acceptors (Lipinski definition) is 2. The molecule has 0 unspecified atom stereocenters. The van der Waals surface area contributed by atoms with Gasteiger partial charge in [-0.25, -0.2) is 4.79 Å². The molecule has 0 bridgehead atoms. The smallest absolute Gasteiger partial charge is 0.322 e. The highest BCUT2D eigenvalue weighted by Crippen LogP contribution is 2.22. The van der Waals surface area contributed by atoms with E-state index in [-0.39, 0.29) is 11.9 Å². The molecule has 2 aromatic carbocycles. The van der Waals surface area contributed by atoms with Crippen LogP contribution in [0.25, 0.3) is 0 Å². The average Bonchev–Trinajstić information content (AvgIpc) is 3.48. The minimum absolute atomic E-state index is 0.0808. The molecule has 1 saturated carbocycles. The fourth-order valence-corrected chi connectivity index (χ4v) is 2.91. The van der Waals surface area contributed by atoms with Crippen molar-refractivity contribution in [2.75, 3.05) is 11.9 Å². The predicted molar refractivity (Wildman–Crippen MR) is 108 cm³/mol. The molecule has 1 fully saturated rings. The molecule has 142 valence electrons. The van der Waals surface area contributed by atoms with Gasteiger partial charge in [0.2, 0.25) is 0 Å². The van der Waals surface area contributed by atoms with Crippen molar-refractivity contribution in [2.24, 2.45) is 0 Å². The van der Waals surface area contributed by atoms with Crippen LogP contribution < -0.4 is 10.6 Å². The fourth-order valence-electron chi connectivity index (χ4n) is 2.91. The topological polar surface area (TPSA) is 61.4 Å². The Morgan fingerprint density at radius 2 is 1.85 bits per heavy atom. The van der Waals surface area contributed by atoms with Crippen molar-refractivity contribution in [1.29, 1.82) is 0 Å². The highest BCUT2D eigenvalue weighted by atomic mass is 16.2. The van der Waals surface area contributed by atoms with Crippen molar-refractivity contribution in [3.63, 3.8) is 0 Å². The van der Waals surface area contributed by atoms with Gasteiger partial charge in [-0.3, -0.25) is 4.79 Å². The molecule has 0 spiro atoms. The van der Waals surface area contributed by atoms with E-state index in [1.54, 1.807) is 17.0 Å². The zero-order valence-electron chi connectivity index (χ0n) is 16.0. The molecule has 0 heterocycles. The number of anilines is 1. The lowest BCUT2D eigenvalue weighted by Crippen LogP contribution is -2.35. The second-order valence-electron chi connectivity index (χ2n) is 7.11. The first kappa shape index (κ1) is 19.0. The first-order chi connectivity index (χ1) is 13.1. The number of carbonyl (C=O) groups is 2. The molecule has 0 saturated heterocycles. The van der Waals surface area contributed by atoms with Gasteiger partial charge in [0.25, 0.3) is 5.91 Å². The summed E-state index contributed by atoms with van der Waals surface area (Å²) in [4.78, 5) is 26.9. The monoisotopic (exact) mass is 365 g/mol. The first-order valence-electron chi connectivity index (χ1n) is 9.58. The maximum atomic E-state index is 12.8. The molecule has 1 aliphatic rings. The number of nitrogens with one attached hydrogen (secondary N) is 2. The summed E-state index contributed by atoms with van der Waals surface area (Å²) >= 11 is 0. The molecular formula is C22H27N3O2. The Hall–Kier alpha value is -2.82. The SMILES string of the molecule is CCCN(Cc1ccccc1)C(=O)Nc1cc(C(=O)NC2CC2)ccc1C. The number of benzene rings is 2. The molecule has 1 aliphatic carbocycles. The molecule has 27 heavy (non-hydrogen) atoms. The van der Waals surface area contributed by atoms with Crippen LogP contribution in [0.3, 0.4) is 0 Å². The standard InChI is InChI=1S/C22H27N3O2/c1-3-13-25(15-17-7-5-4-6-8-17)22(27)24-20-14-18(10-9-16(20)2)21(26)23-19-11-12-19/h4-10,14,19H,3,11-13,15H2,1-2H3,(H,23,26)(H,24,27). The molecule has 3 amide bonds. The number of carbonyl (C=O) groups excluding carboxylic acids is 2. The third-order valence-corrected chi connectivity index (χ3v) is 4.65. The van der Waals surface area contributed by atoms with Crippen molar-refractivity contribution >= 4 is 17.6 Å². The molecular weight excluding hydrogens is 338 g/mol. The molecule has 3 rings (SSSR count). The van der Waals surface area contributed by atoms with Crippen LogP contribution in [-0.2, 0) is 6.54 Å². The summed E-state index contributed by atoms with van der Waals surface area (Å²) in [7, 11) is 0. The average molecular weight is 365 g/mol. The van der Waals surface area contributed by atoms with Crippen LogP contribution in [0.2, 0.25) is 0 Å². The Kier molecular flexibility index (Phi) is 6.12. The van der Waals surface area contributed by atoms with Crippen LogP contribution in [0.5, 0.6) is 0 Å². The molecule has 0 aliphatic heterocycles. The zero-order chi connectivity index (χ0) is 19.2. The minimum atomic E-state index is -0.149. The quantitative estimate of drug-likeness (QED) is 0.767. The van der Waals surface area contributed by atoms with Crippen LogP contribution in [0, 0.1) is 6.92 Å². The summed E-state index contributed by atoms with van der Waals surface area (Å²) < 4.78 is 0. The summed E-state index contributed by atoms with van der Waals surface area (Å²) in [6.45, 7) is 5.21. The normalized spacial score (nSPS) is 13.1. The summed E-state index contributed by atoms with van der Waals surface area (Å²) in [5.74, 6) is -0.0808. The van der Waals surface area contributed by atoms with Crippen molar-refractivity contribution in [2.45, 2.75) is 45.7 Å². The van der Waals surface area contributed by atoms with Gasteiger partial charge in [0.1, 0.15) is 0 Å². The number of urea groups is 1. The van der Waals surface area contributed by atoms with E-state index in [4.69, 9.17) is 0 Å². The van der Waals surface area contributed by atoms with E-state index in [2.05, 4.69) is 17.6 Å². The number of aryl methyl sites for hydroxylation is 1. The van der Waals surface area contributed by atoms with Crippen LogP contribution in [0.4, 0.5) is 10.5 Å². The van der Waals surface area contributed by atoms with E-state index in [0.29, 0.717) is 30.4 Å². The molecule has 0 radical (unpaired) electrons. The van der Waals surface area contributed by atoms with E-state index in [1.165, 1.54) is 0 Å². The zero-order valence-corrected chi connectivity index (χ0v) is 16.0. The lowest BCUT2D eigenvalue weighted by molar-refractivity contribution is 0.0951. The minimum Gasteiger partial charge on any atom is -0.349 e. The van der Waals surface area contributed by atoms with Gasteiger partial charge < -0.3 is 15.5 Å². The molecule has 5 heteroatoms. The molecule has 0 aromatic heterocycles. The number of amides is 3. The Morgan fingerprint density at radius 1 is 1.11 bits per heavy atom. The van der Waals surface area contributed by atoms with Crippen LogP contribution in [0.15, 0.2) is 48.5 Å². The predicted octanol–water partition coefficient (Wildman–Crippen LogP) is 4.33. The lowest BCUT2D eigenvalue weighted by Gasteiger charge is -2.23. The lowest BCUT2D eigenvalue weighted by atomic mass is 10.1. The number of hydrogen-bond donors (Lipinski definition) is 2. The number of nitrogens with zero attached hydrogens (tertiary/aromatic N) is 1. The maximum Gasteiger partial charge on any atom is 0.322 e.